The first-order valence-electron chi connectivity index (χ1n) is 6.82. The first-order valence-corrected chi connectivity index (χ1v) is 7.61. The summed E-state index contributed by atoms with van der Waals surface area (Å²) in [6.07, 6.45) is 2.23. The van der Waals surface area contributed by atoms with Crippen LogP contribution in [0.2, 0.25) is 0 Å². The molecule has 1 saturated heterocycles. The molecule has 1 aliphatic heterocycles. The molecule has 0 bridgehead atoms. The molecule has 1 unspecified atom stereocenters. The van der Waals surface area contributed by atoms with Gasteiger partial charge in [0.05, 0.1) is 15.9 Å². The molecule has 1 aromatic rings. The molecule has 1 aromatic heterocycles. The van der Waals surface area contributed by atoms with Crippen molar-refractivity contribution in [2.45, 2.75) is 39.3 Å². The maximum Gasteiger partial charge on any atom is 0.0767 e. The van der Waals surface area contributed by atoms with Gasteiger partial charge in [-0.15, -0.1) is 0 Å². The third-order valence-electron chi connectivity index (χ3n) is 3.81. The SMILES string of the molecule is CCc1nn(C)c(CN(CC)C2CCNC2)c1Br. The summed E-state index contributed by atoms with van der Waals surface area (Å²) in [4.78, 5) is 2.54. The van der Waals surface area contributed by atoms with Gasteiger partial charge in [0.2, 0.25) is 0 Å². The molecule has 1 fully saturated rings. The van der Waals surface area contributed by atoms with E-state index in [1.54, 1.807) is 0 Å². The summed E-state index contributed by atoms with van der Waals surface area (Å²) in [5.41, 5.74) is 2.45. The summed E-state index contributed by atoms with van der Waals surface area (Å²) in [5.74, 6) is 0. The van der Waals surface area contributed by atoms with Crippen molar-refractivity contribution in [3.63, 3.8) is 0 Å². The largest absolute Gasteiger partial charge is 0.315 e. The van der Waals surface area contributed by atoms with E-state index >= 15 is 0 Å². The van der Waals surface area contributed by atoms with Crippen LogP contribution in [0.4, 0.5) is 0 Å². The van der Waals surface area contributed by atoms with Crippen LogP contribution in [-0.2, 0) is 20.0 Å². The average molecular weight is 315 g/mol. The van der Waals surface area contributed by atoms with E-state index in [4.69, 9.17) is 0 Å². The fourth-order valence-corrected chi connectivity index (χ4v) is 3.38. The lowest BCUT2D eigenvalue weighted by Gasteiger charge is -2.26. The molecule has 0 amide bonds. The molecule has 5 heteroatoms. The molecule has 2 heterocycles. The van der Waals surface area contributed by atoms with Gasteiger partial charge < -0.3 is 5.32 Å². The van der Waals surface area contributed by atoms with Crippen LogP contribution < -0.4 is 5.32 Å². The highest BCUT2D eigenvalue weighted by atomic mass is 79.9. The standard InChI is InChI=1S/C13H23BrN4/c1-4-11-13(14)12(17(3)16-11)9-18(5-2)10-6-7-15-8-10/h10,15H,4-9H2,1-3H3. The lowest BCUT2D eigenvalue weighted by Crippen LogP contribution is -2.36. The lowest BCUT2D eigenvalue weighted by atomic mass is 10.2. The van der Waals surface area contributed by atoms with E-state index in [9.17, 15) is 0 Å². The maximum atomic E-state index is 4.57. The topological polar surface area (TPSA) is 33.1 Å². The molecule has 1 N–H and O–H groups in total. The van der Waals surface area contributed by atoms with E-state index in [1.807, 2.05) is 11.7 Å². The smallest absolute Gasteiger partial charge is 0.0767 e. The number of hydrogen-bond acceptors (Lipinski definition) is 3. The van der Waals surface area contributed by atoms with Gasteiger partial charge in [-0.1, -0.05) is 13.8 Å². The normalized spacial score (nSPS) is 19.9. The molecule has 0 aromatic carbocycles. The minimum atomic E-state index is 0.668. The minimum Gasteiger partial charge on any atom is -0.315 e. The Bertz CT molecular complexity index is 396. The number of aryl methyl sites for hydroxylation is 2. The van der Waals surface area contributed by atoms with Gasteiger partial charge >= 0.3 is 0 Å². The van der Waals surface area contributed by atoms with Crippen LogP contribution >= 0.6 is 15.9 Å². The zero-order valence-corrected chi connectivity index (χ0v) is 13.1. The van der Waals surface area contributed by atoms with Gasteiger partial charge in [0, 0.05) is 26.2 Å². The number of likely N-dealkylation sites (N-methyl/N-ethyl adjacent to an activating group) is 1. The van der Waals surface area contributed by atoms with Gasteiger partial charge in [-0.05, 0) is 41.9 Å². The van der Waals surface area contributed by atoms with Gasteiger partial charge in [-0.25, -0.2) is 0 Å². The Hall–Kier alpha value is -0.390. The second kappa shape index (κ2) is 6.17. The van der Waals surface area contributed by atoms with E-state index < -0.39 is 0 Å². The first kappa shape index (κ1) is 14.0. The van der Waals surface area contributed by atoms with Crippen molar-refractivity contribution in [2.75, 3.05) is 19.6 Å². The number of aromatic nitrogens is 2. The van der Waals surface area contributed by atoms with Crippen LogP contribution in [0, 0.1) is 0 Å². The number of nitrogens with zero attached hydrogens (tertiary/aromatic N) is 3. The molecular weight excluding hydrogens is 292 g/mol. The van der Waals surface area contributed by atoms with Crippen molar-refractivity contribution >= 4 is 15.9 Å². The Morgan fingerprint density at radius 2 is 2.28 bits per heavy atom. The molecule has 1 atom stereocenters. The molecular formula is C13H23BrN4. The highest BCUT2D eigenvalue weighted by Gasteiger charge is 2.23. The Morgan fingerprint density at radius 1 is 1.50 bits per heavy atom. The molecule has 0 spiro atoms. The lowest BCUT2D eigenvalue weighted by molar-refractivity contribution is 0.205. The van der Waals surface area contributed by atoms with E-state index in [-0.39, 0.29) is 0 Å². The minimum absolute atomic E-state index is 0.668. The molecule has 1 aliphatic rings. The Kier molecular flexibility index (Phi) is 4.81. The van der Waals surface area contributed by atoms with Crippen LogP contribution in [0.3, 0.4) is 0 Å². The summed E-state index contributed by atoms with van der Waals surface area (Å²) in [7, 11) is 2.04. The number of halogens is 1. The second-order valence-electron chi connectivity index (χ2n) is 4.89. The van der Waals surface area contributed by atoms with Gasteiger partial charge in [0.25, 0.3) is 0 Å². The average Bonchev–Trinajstić information content (AvgIpc) is 2.97. The monoisotopic (exact) mass is 314 g/mol. The molecule has 0 aliphatic carbocycles. The van der Waals surface area contributed by atoms with Crippen LogP contribution in [-0.4, -0.2) is 40.4 Å². The van der Waals surface area contributed by atoms with Gasteiger partial charge in [0.1, 0.15) is 0 Å². The van der Waals surface area contributed by atoms with Crippen LogP contribution in [0.25, 0.3) is 0 Å². The molecule has 2 rings (SSSR count). The quantitative estimate of drug-likeness (QED) is 0.901. The number of rotatable bonds is 5. The van der Waals surface area contributed by atoms with Crippen molar-refractivity contribution in [1.82, 2.24) is 20.0 Å². The third-order valence-corrected chi connectivity index (χ3v) is 4.73. The van der Waals surface area contributed by atoms with E-state index in [2.05, 4.69) is 45.1 Å². The van der Waals surface area contributed by atoms with E-state index in [0.29, 0.717) is 6.04 Å². The summed E-state index contributed by atoms with van der Waals surface area (Å²) < 4.78 is 3.21. The van der Waals surface area contributed by atoms with Crippen LogP contribution in [0.1, 0.15) is 31.7 Å². The number of hydrogen-bond donors (Lipinski definition) is 1. The van der Waals surface area contributed by atoms with Crippen molar-refractivity contribution in [1.29, 1.82) is 0 Å². The Labute approximate surface area is 118 Å². The Balaban J connectivity index is 2.13. The summed E-state index contributed by atoms with van der Waals surface area (Å²) in [6, 6.07) is 0.668. The van der Waals surface area contributed by atoms with Crippen LogP contribution in [0.5, 0.6) is 0 Å². The molecule has 102 valence electrons. The first-order chi connectivity index (χ1) is 8.67. The predicted molar refractivity (Wildman–Crippen MR) is 77.6 cm³/mol. The highest BCUT2D eigenvalue weighted by molar-refractivity contribution is 9.10. The summed E-state index contributed by atoms with van der Waals surface area (Å²) >= 11 is 3.70. The third kappa shape index (κ3) is 2.78. The summed E-state index contributed by atoms with van der Waals surface area (Å²) in [5, 5.41) is 8.01. The second-order valence-corrected chi connectivity index (χ2v) is 5.69. The highest BCUT2D eigenvalue weighted by Crippen LogP contribution is 2.24. The molecule has 0 radical (unpaired) electrons. The molecule has 4 nitrogen and oxygen atoms in total. The predicted octanol–water partition coefficient (Wildman–Crippen LogP) is 1.93. The zero-order valence-electron chi connectivity index (χ0n) is 11.5. The van der Waals surface area contributed by atoms with Gasteiger partial charge in [-0.3, -0.25) is 9.58 Å². The molecule has 0 saturated carbocycles. The summed E-state index contributed by atoms with van der Waals surface area (Å²) in [6.45, 7) is 8.72. The van der Waals surface area contributed by atoms with Gasteiger partial charge in [0.15, 0.2) is 0 Å². The van der Waals surface area contributed by atoms with Crippen molar-refractivity contribution in [3.8, 4) is 0 Å². The van der Waals surface area contributed by atoms with Crippen molar-refractivity contribution in [2.24, 2.45) is 7.05 Å². The Morgan fingerprint density at radius 3 is 2.78 bits per heavy atom. The maximum absolute atomic E-state index is 4.57. The molecule has 18 heavy (non-hydrogen) atoms. The van der Waals surface area contributed by atoms with E-state index in [0.717, 1.165) is 38.3 Å². The zero-order chi connectivity index (χ0) is 13.1. The van der Waals surface area contributed by atoms with Crippen LogP contribution in [0.15, 0.2) is 4.47 Å². The fraction of sp³-hybridized carbons (Fsp3) is 0.769. The van der Waals surface area contributed by atoms with Gasteiger partial charge in [-0.2, -0.15) is 5.10 Å². The van der Waals surface area contributed by atoms with Crippen molar-refractivity contribution in [3.05, 3.63) is 15.9 Å². The number of nitrogens with one attached hydrogen (secondary N) is 1. The van der Waals surface area contributed by atoms with E-state index in [1.165, 1.54) is 16.6 Å². The fourth-order valence-electron chi connectivity index (χ4n) is 2.63. The van der Waals surface area contributed by atoms with Crippen molar-refractivity contribution < 1.29 is 0 Å².